The molecule has 5 heteroatoms. The first-order valence-electron chi connectivity index (χ1n) is 7.83. The number of methoxy groups -OCH3 is 1. The van der Waals surface area contributed by atoms with E-state index in [1.165, 1.54) is 11.1 Å². The predicted molar refractivity (Wildman–Crippen MR) is 90.4 cm³/mol. The van der Waals surface area contributed by atoms with Crippen LogP contribution in [0.2, 0.25) is 0 Å². The van der Waals surface area contributed by atoms with Crippen molar-refractivity contribution in [1.82, 2.24) is 4.72 Å². The number of benzene rings is 2. The third-order valence-electron chi connectivity index (χ3n) is 4.25. The molecule has 0 spiro atoms. The first-order valence-corrected chi connectivity index (χ1v) is 9.31. The highest BCUT2D eigenvalue weighted by Gasteiger charge is 2.17. The summed E-state index contributed by atoms with van der Waals surface area (Å²) in [7, 11) is -1.81. The van der Waals surface area contributed by atoms with Crippen molar-refractivity contribution in [3.8, 4) is 5.75 Å². The molecular formula is C18H21NO3S. The Kier molecular flexibility index (Phi) is 4.68. The number of nitrogens with one attached hydrogen (secondary N) is 1. The zero-order chi connectivity index (χ0) is 16.3. The highest BCUT2D eigenvalue weighted by Crippen LogP contribution is 2.24. The van der Waals surface area contributed by atoms with Crippen LogP contribution in [0.25, 0.3) is 0 Å². The number of hydrogen-bond donors (Lipinski definition) is 1. The van der Waals surface area contributed by atoms with Crippen molar-refractivity contribution in [3.63, 3.8) is 0 Å². The molecular weight excluding hydrogens is 310 g/mol. The van der Waals surface area contributed by atoms with E-state index in [1.807, 2.05) is 36.4 Å². The SMILES string of the molecule is COc1ccc(CCNS(=O)(=O)c2ccc3c(c2)CCC3)cc1. The quantitative estimate of drug-likeness (QED) is 0.885. The van der Waals surface area contributed by atoms with Gasteiger partial charge < -0.3 is 4.74 Å². The molecule has 0 radical (unpaired) electrons. The Morgan fingerprint density at radius 3 is 2.52 bits per heavy atom. The molecule has 122 valence electrons. The zero-order valence-corrected chi connectivity index (χ0v) is 14.0. The Bertz CT molecular complexity index is 782. The van der Waals surface area contributed by atoms with Gasteiger partial charge in [0.1, 0.15) is 5.75 Å². The summed E-state index contributed by atoms with van der Waals surface area (Å²) >= 11 is 0. The minimum atomic E-state index is -3.44. The summed E-state index contributed by atoms with van der Waals surface area (Å²) in [4.78, 5) is 0.368. The normalized spacial score (nSPS) is 13.8. The van der Waals surface area contributed by atoms with Crippen LogP contribution in [0.1, 0.15) is 23.1 Å². The monoisotopic (exact) mass is 331 g/mol. The summed E-state index contributed by atoms with van der Waals surface area (Å²) in [5, 5.41) is 0. The third kappa shape index (κ3) is 3.74. The van der Waals surface area contributed by atoms with E-state index in [9.17, 15) is 8.42 Å². The summed E-state index contributed by atoms with van der Waals surface area (Å²) in [6, 6.07) is 13.1. The summed E-state index contributed by atoms with van der Waals surface area (Å²) in [5.41, 5.74) is 3.52. The van der Waals surface area contributed by atoms with E-state index in [1.54, 1.807) is 13.2 Å². The number of hydrogen-bond acceptors (Lipinski definition) is 3. The summed E-state index contributed by atoms with van der Waals surface area (Å²) in [6.45, 7) is 0.381. The molecule has 23 heavy (non-hydrogen) atoms. The van der Waals surface area contributed by atoms with Gasteiger partial charge in [-0.1, -0.05) is 18.2 Å². The maximum Gasteiger partial charge on any atom is 0.240 e. The van der Waals surface area contributed by atoms with Crippen molar-refractivity contribution in [2.75, 3.05) is 13.7 Å². The van der Waals surface area contributed by atoms with Crippen molar-refractivity contribution in [3.05, 3.63) is 59.2 Å². The topological polar surface area (TPSA) is 55.4 Å². The average Bonchev–Trinajstić information content (AvgIpc) is 3.03. The molecule has 0 aromatic heterocycles. The van der Waals surface area contributed by atoms with E-state index in [4.69, 9.17) is 4.74 Å². The lowest BCUT2D eigenvalue weighted by Gasteiger charge is -2.09. The molecule has 2 aromatic carbocycles. The first kappa shape index (κ1) is 16.0. The van der Waals surface area contributed by atoms with Gasteiger partial charge in [0.05, 0.1) is 12.0 Å². The average molecular weight is 331 g/mol. The van der Waals surface area contributed by atoms with Crippen LogP contribution in [-0.4, -0.2) is 22.1 Å². The highest BCUT2D eigenvalue weighted by molar-refractivity contribution is 7.89. The molecule has 3 rings (SSSR count). The molecule has 1 aliphatic carbocycles. The fourth-order valence-electron chi connectivity index (χ4n) is 2.92. The molecule has 4 nitrogen and oxygen atoms in total. The molecule has 0 saturated heterocycles. The van der Waals surface area contributed by atoms with Crippen LogP contribution < -0.4 is 9.46 Å². The van der Waals surface area contributed by atoms with Crippen molar-refractivity contribution < 1.29 is 13.2 Å². The molecule has 0 amide bonds. The standard InChI is InChI=1S/C18H21NO3S/c1-22-17-8-5-14(6-9-17)11-12-19-23(20,21)18-10-7-15-3-2-4-16(15)13-18/h5-10,13,19H,2-4,11-12H2,1H3. The zero-order valence-electron chi connectivity index (χ0n) is 13.2. The van der Waals surface area contributed by atoms with E-state index in [2.05, 4.69) is 4.72 Å². The van der Waals surface area contributed by atoms with Gasteiger partial charge in [0, 0.05) is 6.54 Å². The van der Waals surface area contributed by atoms with Gasteiger partial charge in [-0.25, -0.2) is 13.1 Å². The van der Waals surface area contributed by atoms with E-state index in [0.717, 1.165) is 30.6 Å². The lowest BCUT2D eigenvalue weighted by atomic mass is 10.1. The Morgan fingerprint density at radius 2 is 1.78 bits per heavy atom. The minimum absolute atomic E-state index is 0.368. The summed E-state index contributed by atoms with van der Waals surface area (Å²) in [5.74, 6) is 0.799. The lowest BCUT2D eigenvalue weighted by Crippen LogP contribution is -2.26. The molecule has 0 fully saturated rings. The Balaban J connectivity index is 1.62. The molecule has 0 atom stereocenters. The Labute approximate surface area is 137 Å². The highest BCUT2D eigenvalue weighted by atomic mass is 32.2. The van der Waals surface area contributed by atoms with Gasteiger partial charge in [0.15, 0.2) is 0 Å². The van der Waals surface area contributed by atoms with Gasteiger partial charge in [-0.2, -0.15) is 0 Å². The van der Waals surface area contributed by atoms with Crippen LogP contribution in [-0.2, 0) is 29.3 Å². The van der Waals surface area contributed by atoms with Gasteiger partial charge >= 0.3 is 0 Å². The lowest BCUT2D eigenvalue weighted by molar-refractivity contribution is 0.414. The summed E-state index contributed by atoms with van der Waals surface area (Å²) < 4.78 is 32.6. The fourth-order valence-corrected chi connectivity index (χ4v) is 4.00. The minimum Gasteiger partial charge on any atom is -0.497 e. The number of ether oxygens (including phenoxy) is 1. The number of rotatable bonds is 6. The molecule has 2 aromatic rings. The second kappa shape index (κ2) is 6.72. The van der Waals surface area contributed by atoms with Crippen LogP contribution in [0.5, 0.6) is 5.75 Å². The summed E-state index contributed by atoms with van der Waals surface area (Å²) in [6.07, 6.45) is 3.79. The molecule has 0 unspecified atom stereocenters. The van der Waals surface area contributed by atoms with Crippen molar-refractivity contribution in [1.29, 1.82) is 0 Å². The van der Waals surface area contributed by atoms with E-state index in [0.29, 0.717) is 17.9 Å². The Hall–Kier alpha value is -1.85. The first-order chi connectivity index (χ1) is 11.1. The van der Waals surface area contributed by atoms with Gasteiger partial charge in [0.25, 0.3) is 0 Å². The van der Waals surface area contributed by atoms with Crippen LogP contribution in [0.4, 0.5) is 0 Å². The predicted octanol–water partition coefficient (Wildman–Crippen LogP) is 2.70. The largest absolute Gasteiger partial charge is 0.497 e. The van der Waals surface area contributed by atoms with Crippen molar-refractivity contribution >= 4 is 10.0 Å². The third-order valence-corrected chi connectivity index (χ3v) is 5.70. The van der Waals surface area contributed by atoms with E-state index < -0.39 is 10.0 Å². The molecule has 0 heterocycles. The van der Waals surface area contributed by atoms with Crippen molar-refractivity contribution in [2.45, 2.75) is 30.6 Å². The molecule has 1 N–H and O–H groups in total. The molecule has 1 aliphatic rings. The smallest absolute Gasteiger partial charge is 0.240 e. The maximum atomic E-state index is 12.4. The van der Waals surface area contributed by atoms with Crippen LogP contribution in [0.15, 0.2) is 47.4 Å². The van der Waals surface area contributed by atoms with Crippen LogP contribution in [0, 0.1) is 0 Å². The number of aryl methyl sites for hydroxylation is 2. The number of sulfonamides is 1. The van der Waals surface area contributed by atoms with E-state index in [-0.39, 0.29) is 0 Å². The molecule has 0 saturated carbocycles. The van der Waals surface area contributed by atoms with Crippen molar-refractivity contribution in [2.24, 2.45) is 0 Å². The molecule has 0 bridgehead atoms. The second-order valence-corrected chi connectivity index (χ2v) is 7.55. The second-order valence-electron chi connectivity index (χ2n) is 5.78. The van der Waals surface area contributed by atoms with Gasteiger partial charge in [-0.15, -0.1) is 0 Å². The van der Waals surface area contributed by atoms with Gasteiger partial charge in [-0.3, -0.25) is 0 Å². The van der Waals surface area contributed by atoms with E-state index >= 15 is 0 Å². The maximum absolute atomic E-state index is 12.4. The van der Waals surface area contributed by atoms with Crippen LogP contribution in [0.3, 0.4) is 0 Å². The molecule has 0 aliphatic heterocycles. The Morgan fingerprint density at radius 1 is 1.04 bits per heavy atom. The fraction of sp³-hybridized carbons (Fsp3) is 0.333. The van der Waals surface area contributed by atoms with Gasteiger partial charge in [-0.05, 0) is 66.6 Å². The number of fused-ring (bicyclic) bond motifs is 1. The van der Waals surface area contributed by atoms with Gasteiger partial charge in [0.2, 0.25) is 10.0 Å². The van der Waals surface area contributed by atoms with Crippen LogP contribution >= 0.6 is 0 Å².